The van der Waals surface area contributed by atoms with E-state index >= 15 is 0 Å². The lowest BCUT2D eigenvalue weighted by atomic mass is 10.0. The van der Waals surface area contributed by atoms with Gasteiger partial charge in [0.15, 0.2) is 0 Å². The highest BCUT2D eigenvalue weighted by Crippen LogP contribution is 2.15. The van der Waals surface area contributed by atoms with Gasteiger partial charge in [-0.25, -0.2) is 9.78 Å². The first kappa shape index (κ1) is 15.3. The van der Waals surface area contributed by atoms with Crippen LogP contribution in [0.5, 0.6) is 0 Å². The molecule has 7 nitrogen and oxygen atoms in total. The van der Waals surface area contributed by atoms with Gasteiger partial charge in [-0.3, -0.25) is 4.79 Å². The number of hydrogen-bond acceptors (Lipinski definition) is 3. The van der Waals surface area contributed by atoms with E-state index in [0.29, 0.717) is 18.7 Å². The number of carbonyl (C=O) groups excluding carboxylic acids is 2. The number of nitrogens with one attached hydrogen (secondary N) is 2. The maximum atomic E-state index is 12.4. The SMILES string of the molecule is CN(C)C(=O)N1CCC(NC(=O)c2ccc3nc[nH]c3c2)CC1. The van der Waals surface area contributed by atoms with Crippen LogP contribution >= 0.6 is 0 Å². The van der Waals surface area contributed by atoms with Crippen molar-refractivity contribution in [2.75, 3.05) is 27.2 Å². The number of rotatable bonds is 2. The van der Waals surface area contributed by atoms with Crippen molar-refractivity contribution in [2.45, 2.75) is 18.9 Å². The van der Waals surface area contributed by atoms with Gasteiger partial charge in [-0.15, -0.1) is 0 Å². The number of H-pyrrole nitrogens is 1. The number of urea groups is 1. The summed E-state index contributed by atoms with van der Waals surface area (Å²) >= 11 is 0. The van der Waals surface area contributed by atoms with Crippen LogP contribution in [-0.2, 0) is 0 Å². The molecule has 0 aliphatic carbocycles. The van der Waals surface area contributed by atoms with Crippen molar-refractivity contribution >= 4 is 23.0 Å². The van der Waals surface area contributed by atoms with Crippen LogP contribution in [0.4, 0.5) is 4.79 Å². The molecule has 1 fully saturated rings. The van der Waals surface area contributed by atoms with Crippen LogP contribution in [0, 0.1) is 0 Å². The van der Waals surface area contributed by atoms with Crippen LogP contribution < -0.4 is 5.32 Å². The zero-order chi connectivity index (χ0) is 16.4. The standard InChI is InChI=1S/C16H21N5O2/c1-20(2)16(23)21-7-5-12(6-8-21)19-15(22)11-3-4-13-14(9-11)18-10-17-13/h3-4,9-10,12H,5-8H2,1-2H3,(H,17,18)(H,19,22). The normalized spacial score (nSPS) is 15.7. The van der Waals surface area contributed by atoms with Gasteiger partial charge in [0.2, 0.25) is 0 Å². The average Bonchev–Trinajstić information content (AvgIpc) is 3.02. The Balaban J connectivity index is 1.57. The van der Waals surface area contributed by atoms with Gasteiger partial charge >= 0.3 is 6.03 Å². The molecule has 1 aromatic heterocycles. The molecule has 2 heterocycles. The number of likely N-dealkylation sites (tertiary alicyclic amines) is 1. The topological polar surface area (TPSA) is 81.3 Å². The molecule has 2 aromatic rings. The quantitative estimate of drug-likeness (QED) is 0.880. The van der Waals surface area contributed by atoms with Gasteiger partial charge in [-0.1, -0.05) is 0 Å². The van der Waals surface area contributed by atoms with Crippen molar-refractivity contribution in [1.82, 2.24) is 25.1 Å². The summed E-state index contributed by atoms with van der Waals surface area (Å²) in [4.78, 5) is 34.8. The second kappa shape index (κ2) is 6.28. The van der Waals surface area contributed by atoms with Crippen molar-refractivity contribution in [2.24, 2.45) is 0 Å². The second-order valence-electron chi connectivity index (χ2n) is 6.05. The molecule has 1 aromatic carbocycles. The third kappa shape index (κ3) is 3.28. The Morgan fingerprint density at radius 3 is 2.74 bits per heavy atom. The lowest BCUT2D eigenvalue weighted by molar-refractivity contribution is 0.0914. The molecule has 122 valence electrons. The van der Waals surface area contributed by atoms with E-state index in [2.05, 4.69) is 15.3 Å². The smallest absolute Gasteiger partial charge is 0.319 e. The summed E-state index contributed by atoms with van der Waals surface area (Å²) in [6.45, 7) is 1.34. The number of carbonyl (C=O) groups is 2. The molecule has 3 amide bonds. The van der Waals surface area contributed by atoms with Gasteiger partial charge in [0.05, 0.1) is 17.4 Å². The monoisotopic (exact) mass is 315 g/mol. The molecule has 1 aliphatic heterocycles. The van der Waals surface area contributed by atoms with Gasteiger partial charge < -0.3 is 20.1 Å². The Hall–Kier alpha value is -2.57. The molecule has 0 radical (unpaired) electrons. The highest BCUT2D eigenvalue weighted by atomic mass is 16.2. The van der Waals surface area contributed by atoms with E-state index < -0.39 is 0 Å². The highest BCUT2D eigenvalue weighted by Gasteiger charge is 2.24. The number of nitrogens with zero attached hydrogens (tertiary/aromatic N) is 3. The van der Waals surface area contributed by atoms with Crippen molar-refractivity contribution in [3.05, 3.63) is 30.1 Å². The van der Waals surface area contributed by atoms with Gasteiger partial charge in [-0.05, 0) is 31.0 Å². The van der Waals surface area contributed by atoms with Crippen LogP contribution in [0.15, 0.2) is 24.5 Å². The number of piperidine rings is 1. The van der Waals surface area contributed by atoms with Gasteiger partial charge in [0.1, 0.15) is 0 Å². The van der Waals surface area contributed by atoms with E-state index in [1.165, 1.54) is 0 Å². The number of benzene rings is 1. The minimum Gasteiger partial charge on any atom is -0.349 e. The average molecular weight is 315 g/mol. The van der Waals surface area contributed by atoms with Crippen LogP contribution in [0.1, 0.15) is 23.2 Å². The molecule has 23 heavy (non-hydrogen) atoms. The second-order valence-corrected chi connectivity index (χ2v) is 6.05. The summed E-state index contributed by atoms with van der Waals surface area (Å²) in [7, 11) is 3.50. The van der Waals surface area contributed by atoms with Crippen LogP contribution in [0.2, 0.25) is 0 Å². The van der Waals surface area contributed by atoms with Gasteiger partial charge in [0.25, 0.3) is 5.91 Å². The summed E-state index contributed by atoms with van der Waals surface area (Å²) in [5, 5.41) is 3.06. The number of imidazole rings is 1. The number of aromatic nitrogens is 2. The molecular formula is C16H21N5O2. The molecule has 1 aliphatic rings. The Kier molecular flexibility index (Phi) is 4.18. The zero-order valence-corrected chi connectivity index (χ0v) is 13.4. The summed E-state index contributed by atoms with van der Waals surface area (Å²) in [6.07, 6.45) is 3.17. The molecule has 3 rings (SSSR count). The maximum absolute atomic E-state index is 12.4. The first-order valence-electron chi connectivity index (χ1n) is 7.75. The lowest BCUT2D eigenvalue weighted by Gasteiger charge is -2.33. The molecule has 0 atom stereocenters. The molecule has 1 saturated heterocycles. The lowest BCUT2D eigenvalue weighted by Crippen LogP contribution is -2.49. The van der Waals surface area contributed by atoms with E-state index in [9.17, 15) is 9.59 Å². The molecule has 0 spiro atoms. The first-order valence-corrected chi connectivity index (χ1v) is 7.75. The Bertz CT molecular complexity index is 716. The summed E-state index contributed by atoms with van der Waals surface area (Å²) in [5.41, 5.74) is 2.31. The van der Waals surface area contributed by atoms with Crippen molar-refractivity contribution in [3.8, 4) is 0 Å². The fourth-order valence-corrected chi connectivity index (χ4v) is 2.84. The zero-order valence-electron chi connectivity index (χ0n) is 13.4. The minimum absolute atomic E-state index is 0.0273. The van der Waals surface area contributed by atoms with Crippen molar-refractivity contribution in [3.63, 3.8) is 0 Å². The number of hydrogen-bond donors (Lipinski definition) is 2. The van der Waals surface area contributed by atoms with Gasteiger partial charge in [0, 0.05) is 38.8 Å². The largest absolute Gasteiger partial charge is 0.349 e. The minimum atomic E-state index is -0.0844. The molecule has 0 unspecified atom stereocenters. The highest BCUT2D eigenvalue weighted by molar-refractivity contribution is 5.97. The molecule has 7 heteroatoms. The predicted octanol–water partition coefficient (Wildman–Crippen LogP) is 1.44. The van der Waals surface area contributed by atoms with E-state index in [4.69, 9.17) is 0 Å². The van der Waals surface area contributed by atoms with Crippen LogP contribution in [0.25, 0.3) is 11.0 Å². The fraction of sp³-hybridized carbons (Fsp3) is 0.438. The van der Waals surface area contributed by atoms with Crippen LogP contribution in [-0.4, -0.2) is 64.9 Å². The number of aromatic amines is 1. The van der Waals surface area contributed by atoms with Crippen molar-refractivity contribution < 1.29 is 9.59 Å². The maximum Gasteiger partial charge on any atom is 0.319 e. The third-order valence-corrected chi connectivity index (χ3v) is 4.17. The Morgan fingerprint density at radius 1 is 1.30 bits per heavy atom. The molecule has 0 saturated carbocycles. The van der Waals surface area contributed by atoms with E-state index in [0.717, 1.165) is 23.9 Å². The predicted molar refractivity (Wildman–Crippen MR) is 87.2 cm³/mol. The molecule has 0 bridgehead atoms. The molecule has 2 N–H and O–H groups in total. The fourth-order valence-electron chi connectivity index (χ4n) is 2.84. The first-order chi connectivity index (χ1) is 11.0. The Labute approximate surface area is 134 Å². The third-order valence-electron chi connectivity index (χ3n) is 4.17. The molecular weight excluding hydrogens is 294 g/mol. The number of amides is 3. The van der Waals surface area contributed by atoms with E-state index in [-0.39, 0.29) is 18.0 Å². The summed E-state index contributed by atoms with van der Waals surface area (Å²) in [6, 6.07) is 5.55. The number of fused-ring (bicyclic) bond motifs is 1. The van der Waals surface area contributed by atoms with Gasteiger partial charge in [-0.2, -0.15) is 0 Å². The Morgan fingerprint density at radius 2 is 2.04 bits per heavy atom. The van der Waals surface area contributed by atoms with Crippen molar-refractivity contribution in [1.29, 1.82) is 0 Å². The summed E-state index contributed by atoms with van der Waals surface area (Å²) in [5.74, 6) is -0.0844. The van der Waals surface area contributed by atoms with E-state index in [1.807, 2.05) is 17.0 Å². The summed E-state index contributed by atoms with van der Waals surface area (Å²) < 4.78 is 0. The van der Waals surface area contributed by atoms with E-state index in [1.54, 1.807) is 31.4 Å². The van der Waals surface area contributed by atoms with Crippen LogP contribution in [0.3, 0.4) is 0 Å².